The Kier molecular flexibility index (Phi) is 4.88. The first-order valence-electron chi connectivity index (χ1n) is 4.69. The number of ether oxygens (including phenoxy) is 1. The van der Waals surface area contributed by atoms with E-state index in [2.05, 4.69) is 15.3 Å². The number of hydrogen-bond acceptors (Lipinski definition) is 5. The highest BCUT2D eigenvalue weighted by atomic mass is 16.5. The summed E-state index contributed by atoms with van der Waals surface area (Å²) in [6, 6.07) is 1.87. The summed E-state index contributed by atoms with van der Waals surface area (Å²) in [4.78, 5) is 8.13. The molecule has 0 bridgehead atoms. The van der Waals surface area contributed by atoms with Crippen molar-refractivity contribution in [2.45, 2.75) is 13.5 Å². The van der Waals surface area contributed by atoms with Crippen LogP contribution in [0.2, 0.25) is 0 Å². The van der Waals surface area contributed by atoms with Crippen LogP contribution in [0.1, 0.15) is 12.6 Å². The summed E-state index contributed by atoms with van der Waals surface area (Å²) in [6.07, 6.45) is 1.52. The number of anilines is 1. The van der Waals surface area contributed by atoms with Crippen molar-refractivity contribution in [3.05, 3.63) is 18.1 Å². The van der Waals surface area contributed by atoms with Gasteiger partial charge in [-0.25, -0.2) is 9.97 Å². The summed E-state index contributed by atoms with van der Waals surface area (Å²) in [5, 5.41) is 3.08. The number of hydrogen-bond donors (Lipinski definition) is 2. The summed E-state index contributed by atoms with van der Waals surface area (Å²) in [6.45, 7) is 4.47. The second-order valence-corrected chi connectivity index (χ2v) is 2.75. The summed E-state index contributed by atoms with van der Waals surface area (Å²) in [7, 11) is 0. The van der Waals surface area contributed by atoms with Crippen LogP contribution >= 0.6 is 0 Å². The van der Waals surface area contributed by atoms with Crippen molar-refractivity contribution in [1.29, 1.82) is 0 Å². The van der Waals surface area contributed by atoms with Crippen LogP contribution in [-0.2, 0) is 11.3 Å². The number of aromatic nitrogens is 2. The molecule has 0 saturated carbocycles. The van der Waals surface area contributed by atoms with Gasteiger partial charge in [-0.05, 0) is 6.92 Å². The van der Waals surface area contributed by atoms with Gasteiger partial charge in [-0.15, -0.1) is 0 Å². The molecule has 0 aliphatic heterocycles. The third-order valence-corrected chi connectivity index (χ3v) is 1.63. The molecule has 5 heteroatoms. The van der Waals surface area contributed by atoms with Gasteiger partial charge in [0.1, 0.15) is 12.1 Å². The molecule has 0 aliphatic carbocycles. The molecule has 0 fully saturated rings. The molecule has 78 valence electrons. The van der Waals surface area contributed by atoms with Gasteiger partial charge in [0.25, 0.3) is 0 Å². The van der Waals surface area contributed by atoms with E-state index in [9.17, 15) is 0 Å². The lowest BCUT2D eigenvalue weighted by molar-refractivity contribution is 0.131. The van der Waals surface area contributed by atoms with Gasteiger partial charge in [0.05, 0.1) is 12.3 Å². The Balaban J connectivity index is 2.50. The first-order chi connectivity index (χ1) is 6.86. The molecular formula is C9H16N4O. The Bertz CT molecular complexity index is 243. The zero-order valence-corrected chi connectivity index (χ0v) is 8.36. The zero-order valence-electron chi connectivity index (χ0n) is 8.36. The quantitative estimate of drug-likeness (QED) is 0.688. The summed E-state index contributed by atoms with van der Waals surface area (Å²) < 4.78 is 5.24. The Morgan fingerprint density at radius 1 is 1.50 bits per heavy atom. The van der Waals surface area contributed by atoms with Gasteiger partial charge in [-0.1, -0.05) is 0 Å². The maximum Gasteiger partial charge on any atom is 0.129 e. The van der Waals surface area contributed by atoms with Crippen molar-refractivity contribution in [3.63, 3.8) is 0 Å². The molecule has 3 N–H and O–H groups in total. The predicted octanol–water partition coefficient (Wildman–Crippen LogP) is 0.384. The van der Waals surface area contributed by atoms with Gasteiger partial charge in [0, 0.05) is 25.8 Å². The van der Waals surface area contributed by atoms with Crippen LogP contribution in [0.3, 0.4) is 0 Å². The molecular weight excluding hydrogens is 180 g/mol. The van der Waals surface area contributed by atoms with E-state index in [1.807, 2.05) is 13.0 Å². The molecule has 0 saturated heterocycles. The fourth-order valence-electron chi connectivity index (χ4n) is 0.980. The molecule has 0 spiro atoms. The molecule has 14 heavy (non-hydrogen) atoms. The van der Waals surface area contributed by atoms with Crippen LogP contribution < -0.4 is 11.1 Å². The van der Waals surface area contributed by atoms with Crippen LogP contribution in [0.5, 0.6) is 0 Å². The van der Waals surface area contributed by atoms with Crippen molar-refractivity contribution >= 4 is 5.82 Å². The van der Waals surface area contributed by atoms with E-state index in [4.69, 9.17) is 10.5 Å². The monoisotopic (exact) mass is 196 g/mol. The van der Waals surface area contributed by atoms with Gasteiger partial charge in [0.2, 0.25) is 0 Å². The first-order valence-corrected chi connectivity index (χ1v) is 4.69. The van der Waals surface area contributed by atoms with Gasteiger partial charge >= 0.3 is 0 Å². The number of nitrogens with one attached hydrogen (secondary N) is 1. The highest BCUT2D eigenvalue weighted by Gasteiger charge is 1.97. The standard InChI is InChI=1S/C9H16N4O/c1-2-14-6-8-5-9(11-4-3-10)13-7-12-8/h5,7H,2-4,6,10H2,1H3,(H,11,12,13). The molecule has 1 aromatic rings. The van der Waals surface area contributed by atoms with Crippen molar-refractivity contribution in [1.82, 2.24) is 9.97 Å². The molecule has 0 radical (unpaired) electrons. The Morgan fingerprint density at radius 2 is 2.36 bits per heavy atom. The Labute approximate surface area is 83.7 Å². The highest BCUT2D eigenvalue weighted by molar-refractivity contribution is 5.34. The highest BCUT2D eigenvalue weighted by Crippen LogP contribution is 2.04. The second kappa shape index (κ2) is 6.28. The predicted molar refractivity (Wildman–Crippen MR) is 54.9 cm³/mol. The Morgan fingerprint density at radius 3 is 3.07 bits per heavy atom. The zero-order chi connectivity index (χ0) is 10.2. The number of nitrogens with zero attached hydrogens (tertiary/aromatic N) is 2. The van der Waals surface area contributed by atoms with Gasteiger partial charge in [-0.3, -0.25) is 0 Å². The van der Waals surface area contributed by atoms with Crippen molar-refractivity contribution in [2.75, 3.05) is 25.0 Å². The van der Waals surface area contributed by atoms with E-state index in [0.29, 0.717) is 26.3 Å². The Hall–Kier alpha value is -1.20. The minimum atomic E-state index is 0.524. The van der Waals surface area contributed by atoms with E-state index in [-0.39, 0.29) is 0 Å². The average Bonchev–Trinajstić information content (AvgIpc) is 2.24. The number of nitrogens with two attached hydrogens (primary N) is 1. The minimum Gasteiger partial charge on any atom is -0.375 e. The lowest BCUT2D eigenvalue weighted by Gasteiger charge is -2.05. The van der Waals surface area contributed by atoms with Gasteiger partial charge in [0.15, 0.2) is 0 Å². The fraction of sp³-hybridized carbons (Fsp3) is 0.556. The van der Waals surface area contributed by atoms with E-state index >= 15 is 0 Å². The van der Waals surface area contributed by atoms with E-state index in [1.54, 1.807) is 0 Å². The summed E-state index contributed by atoms with van der Waals surface area (Å²) in [5.74, 6) is 0.792. The minimum absolute atomic E-state index is 0.524. The molecule has 1 rings (SSSR count). The van der Waals surface area contributed by atoms with Crippen LogP contribution in [0.15, 0.2) is 12.4 Å². The molecule has 1 heterocycles. The maximum atomic E-state index is 5.36. The molecule has 0 aromatic carbocycles. The van der Waals surface area contributed by atoms with Gasteiger partial charge < -0.3 is 15.8 Å². The average molecular weight is 196 g/mol. The van der Waals surface area contributed by atoms with E-state index in [1.165, 1.54) is 6.33 Å². The molecule has 0 amide bonds. The molecule has 0 aliphatic rings. The van der Waals surface area contributed by atoms with Gasteiger partial charge in [-0.2, -0.15) is 0 Å². The lowest BCUT2D eigenvalue weighted by atomic mass is 10.4. The molecule has 0 unspecified atom stereocenters. The van der Waals surface area contributed by atoms with Crippen molar-refractivity contribution in [2.24, 2.45) is 5.73 Å². The van der Waals surface area contributed by atoms with Crippen molar-refractivity contribution in [3.8, 4) is 0 Å². The second-order valence-electron chi connectivity index (χ2n) is 2.75. The molecule has 5 nitrogen and oxygen atoms in total. The van der Waals surface area contributed by atoms with Crippen LogP contribution in [0.4, 0.5) is 5.82 Å². The third-order valence-electron chi connectivity index (χ3n) is 1.63. The number of rotatable bonds is 6. The maximum absolute atomic E-state index is 5.36. The fourth-order valence-corrected chi connectivity index (χ4v) is 0.980. The van der Waals surface area contributed by atoms with E-state index in [0.717, 1.165) is 11.5 Å². The van der Waals surface area contributed by atoms with Crippen molar-refractivity contribution < 1.29 is 4.74 Å². The van der Waals surface area contributed by atoms with Crippen LogP contribution in [0.25, 0.3) is 0 Å². The summed E-state index contributed by atoms with van der Waals surface area (Å²) >= 11 is 0. The van der Waals surface area contributed by atoms with E-state index < -0.39 is 0 Å². The SMILES string of the molecule is CCOCc1cc(NCCN)ncn1. The largest absolute Gasteiger partial charge is 0.375 e. The molecule has 0 atom stereocenters. The smallest absolute Gasteiger partial charge is 0.129 e. The topological polar surface area (TPSA) is 73.1 Å². The van der Waals surface area contributed by atoms with Crippen LogP contribution in [0, 0.1) is 0 Å². The molecule has 1 aromatic heterocycles. The normalized spacial score (nSPS) is 10.1. The van der Waals surface area contributed by atoms with Crippen LogP contribution in [-0.4, -0.2) is 29.7 Å². The third kappa shape index (κ3) is 3.68. The first kappa shape index (κ1) is 10.9. The lowest BCUT2D eigenvalue weighted by Crippen LogP contribution is -2.14. The summed E-state index contributed by atoms with van der Waals surface area (Å²) in [5.41, 5.74) is 6.24.